The van der Waals surface area contributed by atoms with Crippen molar-refractivity contribution in [2.24, 2.45) is 0 Å². The van der Waals surface area contributed by atoms with Crippen molar-refractivity contribution < 1.29 is 8.83 Å². The Balaban J connectivity index is 0.973. The molecule has 0 spiro atoms. The topological polar surface area (TPSA) is 42.4 Å². The number of hydrogen-bond donors (Lipinski definition) is 0. The third-order valence-electron chi connectivity index (χ3n) is 11.1. The molecule has 0 bridgehead atoms. The van der Waals surface area contributed by atoms with Gasteiger partial charge in [-0.3, -0.25) is 0 Å². The fourth-order valence-corrected chi connectivity index (χ4v) is 8.13. The van der Waals surface area contributed by atoms with Crippen LogP contribution < -0.4 is 4.90 Å². The van der Waals surface area contributed by atoms with Crippen molar-refractivity contribution in [3.8, 4) is 56.0 Å². The Hall–Kier alpha value is -7.95. The van der Waals surface area contributed by atoms with Crippen LogP contribution in [0, 0.1) is 0 Å². The fraction of sp³-hybridized carbons (Fsp3) is 0. The number of nitrogens with zero attached hydrogens (tertiary/aromatic N) is 2. The van der Waals surface area contributed by atoms with Crippen molar-refractivity contribution >= 4 is 50.1 Å². The first kappa shape index (κ1) is 34.3. The summed E-state index contributed by atoms with van der Waals surface area (Å²) in [6.07, 6.45) is 0. The summed E-state index contributed by atoms with van der Waals surface area (Å²) in [5.74, 6) is 0.600. The van der Waals surface area contributed by atoms with Crippen LogP contribution in [-0.4, -0.2) is 4.98 Å². The molecule has 0 fully saturated rings. The highest BCUT2D eigenvalue weighted by Gasteiger charge is 2.19. The Morgan fingerprint density at radius 2 is 0.797 bits per heavy atom. The van der Waals surface area contributed by atoms with Crippen LogP contribution in [-0.2, 0) is 0 Å². The van der Waals surface area contributed by atoms with Gasteiger partial charge in [0, 0.05) is 39.3 Å². The van der Waals surface area contributed by atoms with Crippen molar-refractivity contribution in [1.29, 1.82) is 0 Å². The van der Waals surface area contributed by atoms with Crippen LogP contribution in [0.4, 0.5) is 17.1 Å². The van der Waals surface area contributed by atoms with Crippen LogP contribution >= 0.6 is 0 Å². The van der Waals surface area contributed by atoms with Gasteiger partial charge in [0.15, 0.2) is 5.58 Å². The summed E-state index contributed by atoms with van der Waals surface area (Å²) >= 11 is 0. The van der Waals surface area contributed by atoms with Crippen LogP contribution in [0.5, 0.6) is 0 Å². The van der Waals surface area contributed by atoms with E-state index < -0.39 is 0 Å². The van der Waals surface area contributed by atoms with E-state index in [0.717, 1.165) is 72.3 Å². The first-order chi connectivity index (χ1) is 29.2. The number of furan rings is 1. The zero-order chi connectivity index (χ0) is 39.1. The molecule has 0 aliphatic heterocycles. The lowest BCUT2D eigenvalue weighted by Crippen LogP contribution is -2.11. The minimum absolute atomic E-state index is 0.600. The molecule has 11 rings (SSSR count). The lowest BCUT2D eigenvalue weighted by atomic mass is 9.98. The second kappa shape index (κ2) is 14.5. The second-order valence-electron chi connectivity index (χ2n) is 14.8. The quantitative estimate of drug-likeness (QED) is 0.155. The van der Waals surface area contributed by atoms with E-state index in [1.165, 1.54) is 22.3 Å². The summed E-state index contributed by atoms with van der Waals surface area (Å²) in [4.78, 5) is 7.18. The van der Waals surface area contributed by atoms with E-state index in [-0.39, 0.29) is 0 Å². The van der Waals surface area contributed by atoms with E-state index in [1.807, 2.05) is 36.4 Å². The number of benzene rings is 9. The second-order valence-corrected chi connectivity index (χ2v) is 14.8. The largest absolute Gasteiger partial charge is 0.456 e. The van der Waals surface area contributed by atoms with Gasteiger partial charge in [0.25, 0.3) is 0 Å². The average molecular weight is 757 g/mol. The van der Waals surface area contributed by atoms with Gasteiger partial charge in [0.2, 0.25) is 5.89 Å². The summed E-state index contributed by atoms with van der Waals surface area (Å²) in [6, 6.07) is 76.8. The zero-order valence-electron chi connectivity index (χ0n) is 32.0. The molecular formula is C55H36N2O2. The lowest BCUT2D eigenvalue weighted by molar-refractivity contribution is 0.617. The van der Waals surface area contributed by atoms with Crippen LogP contribution in [0.15, 0.2) is 227 Å². The lowest BCUT2D eigenvalue weighted by Gasteiger charge is -2.28. The molecule has 0 saturated carbocycles. The Morgan fingerprint density at radius 3 is 1.42 bits per heavy atom. The molecule has 0 atom stereocenters. The van der Waals surface area contributed by atoms with Gasteiger partial charge >= 0.3 is 0 Å². The number of para-hydroxylation sites is 1. The molecule has 278 valence electrons. The molecule has 0 radical (unpaired) electrons. The number of fused-ring (bicyclic) bond motifs is 4. The number of rotatable bonds is 8. The summed E-state index contributed by atoms with van der Waals surface area (Å²) < 4.78 is 12.5. The smallest absolute Gasteiger partial charge is 0.227 e. The Bertz CT molecular complexity index is 3220. The van der Waals surface area contributed by atoms with E-state index in [9.17, 15) is 0 Å². The molecule has 59 heavy (non-hydrogen) atoms. The van der Waals surface area contributed by atoms with Gasteiger partial charge in [-0.15, -0.1) is 0 Å². The molecule has 11 aromatic rings. The number of anilines is 3. The van der Waals surface area contributed by atoms with Gasteiger partial charge < -0.3 is 13.7 Å². The Morgan fingerprint density at radius 1 is 0.322 bits per heavy atom. The van der Waals surface area contributed by atoms with Crippen molar-refractivity contribution in [2.45, 2.75) is 0 Å². The van der Waals surface area contributed by atoms with Crippen LogP contribution in [0.1, 0.15) is 0 Å². The first-order valence-electron chi connectivity index (χ1n) is 19.9. The first-order valence-corrected chi connectivity index (χ1v) is 19.9. The summed E-state index contributed by atoms with van der Waals surface area (Å²) in [5, 5.41) is 2.05. The predicted molar refractivity (Wildman–Crippen MR) is 243 cm³/mol. The van der Waals surface area contributed by atoms with Gasteiger partial charge in [-0.05, 0) is 99.6 Å². The van der Waals surface area contributed by atoms with E-state index in [1.54, 1.807) is 0 Å². The molecule has 2 heterocycles. The summed E-state index contributed by atoms with van der Waals surface area (Å²) in [5.41, 5.74) is 16.6. The number of oxazole rings is 1. The Labute approximate surface area is 341 Å². The molecule has 0 unspecified atom stereocenters. The molecule has 0 aliphatic rings. The average Bonchev–Trinajstić information content (AvgIpc) is 3.90. The highest BCUT2D eigenvalue weighted by atomic mass is 16.4. The van der Waals surface area contributed by atoms with Crippen LogP contribution in [0.3, 0.4) is 0 Å². The molecule has 0 aliphatic carbocycles. The van der Waals surface area contributed by atoms with Crippen LogP contribution in [0.25, 0.3) is 89.0 Å². The monoisotopic (exact) mass is 756 g/mol. The standard InChI is InChI=1S/C55H36N2O2/c1-4-12-37(13-5-1)39-20-22-42(23-21-39)47-18-10-11-19-51(47)57(45-29-24-40(25-30-45)38-14-6-2-7-15-38)46-31-26-41(27-32-46)44-28-33-52-48(34-44)49-35-50-54(36-53(49)58-52)59-55(56-50)43-16-8-3-9-17-43/h1-36H. The molecular weight excluding hydrogens is 721 g/mol. The third-order valence-corrected chi connectivity index (χ3v) is 11.1. The molecule has 2 aromatic heterocycles. The maximum Gasteiger partial charge on any atom is 0.227 e. The van der Waals surface area contributed by atoms with Crippen molar-refractivity contribution in [1.82, 2.24) is 4.98 Å². The van der Waals surface area contributed by atoms with Crippen molar-refractivity contribution in [3.63, 3.8) is 0 Å². The Kier molecular flexibility index (Phi) is 8.45. The van der Waals surface area contributed by atoms with Crippen LogP contribution in [0.2, 0.25) is 0 Å². The SMILES string of the molecule is c1ccc(-c2ccc(-c3ccccc3N(c3ccc(-c4ccccc4)cc3)c3ccc(-c4ccc5oc6cc7oc(-c8ccccc8)nc7cc6c5c4)cc3)cc2)cc1. The van der Waals surface area contributed by atoms with Crippen molar-refractivity contribution in [2.75, 3.05) is 4.90 Å². The maximum atomic E-state index is 6.33. The summed E-state index contributed by atoms with van der Waals surface area (Å²) in [7, 11) is 0. The highest BCUT2D eigenvalue weighted by Crippen LogP contribution is 2.43. The molecule has 4 nitrogen and oxygen atoms in total. The molecule has 0 amide bonds. The van der Waals surface area contributed by atoms with E-state index >= 15 is 0 Å². The minimum atomic E-state index is 0.600. The zero-order valence-corrected chi connectivity index (χ0v) is 32.0. The van der Waals surface area contributed by atoms with E-state index in [2.05, 4.69) is 187 Å². The van der Waals surface area contributed by atoms with Gasteiger partial charge in [-0.25, -0.2) is 4.98 Å². The minimum Gasteiger partial charge on any atom is -0.456 e. The van der Waals surface area contributed by atoms with E-state index in [0.29, 0.717) is 11.5 Å². The third kappa shape index (κ3) is 6.43. The summed E-state index contributed by atoms with van der Waals surface area (Å²) in [6.45, 7) is 0. The highest BCUT2D eigenvalue weighted by molar-refractivity contribution is 6.10. The van der Waals surface area contributed by atoms with Gasteiger partial charge in [0.05, 0.1) is 5.69 Å². The van der Waals surface area contributed by atoms with E-state index in [4.69, 9.17) is 13.8 Å². The van der Waals surface area contributed by atoms with Gasteiger partial charge in [-0.1, -0.05) is 152 Å². The van der Waals surface area contributed by atoms with Gasteiger partial charge in [-0.2, -0.15) is 0 Å². The number of aromatic nitrogens is 1. The predicted octanol–water partition coefficient (Wildman–Crippen LogP) is 15.5. The maximum absolute atomic E-state index is 6.33. The van der Waals surface area contributed by atoms with Gasteiger partial charge in [0.1, 0.15) is 16.7 Å². The number of hydrogen-bond acceptors (Lipinski definition) is 4. The fourth-order valence-electron chi connectivity index (χ4n) is 8.13. The normalized spacial score (nSPS) is 11.4. The van der Waals surface area contributed by atoms with Crippen molar-refractivity contribution in [3.05, 3.63) is 218 Å². The molecule has 0 saturated heterocycles. The molecule has 0 N–H and O–H groups in total. The molecule has 9 aromatic carbocycles. The molecule has 4 heteroatoms.